The molecule has 0 unspecified atom stereocenters. The van der Waals surface area contributed by atoms with E-state index in [1.807, 2.05) is 0 Å². The topological polar surface area (TPSA) is 81.4 Å². The number of ether oxygens (including phenoxy) is 1. The van der Waals surface area contributed by atoms with Gasteiger partial charge in [-0.25, -0.2) is 4.79 Å². The zero-order chi connectivity index (χ0) is 14.0. The van der Waals surface area contributed by atoms with Gasteiger partial charge in [-0.15, -0.1) is 0 Å². The molecular formula is C14H18N2O3. The van der Waals surface area contributed by atoms with E-state index in [2.05, 4.69) is 5.32 Å². The molecule has 0 aliphatic heterocycles. The summed E-state index contributed by atoms with van der Waals surface area (Å²) in [7, 11) is 1.33. The summed E-state index contributed by atoms with van der Waals surface area (Å²) in [5.74, 6) is -0.608. The molecule has 3 N–H and O–H groups in total. The van der Waals surface area contributed by atoms with Gasteiger partial charge in [0.1, 0.15) is 0 Å². The predicted octanol–water partition coefficient (Wildman–Crippen LogP) is 1.60. The van der Waals surface area contributed by atoms with Crippen LogP contribution in [-0.4, -0.2) is 24.5 Å². The second kappa shape index (κ2) is 5.01. The third-order valence-electron chi connectivity index (χ3n) is 3.69. The van der Waals surface area contributed by atoms with E-state index in [0.717, 1.165) is 6.42 Å². The average molecular weight is 262 g/mol. The quantitative estimate of drug-likeness (QED) is 0.811. The van der Waals surface area contributed by atoms with Gasteiger partial charge in [0.05, 0.1) is 18.2 Å². The number of amides is 1. The first-order valence-corrected chi connectivity index (χ1v) is 6.26. The van der Waals surface area contributed by atoms with Gasteiger partial charge in [-0.1, -0.05) is 6.07 Å². The minimum absolute atomic E-state index is 0.191. The zero-order valence-corrected chi connectivity index (χ0v) is 11.2. The summed E-state index contributed by atoms with van der Waals surface area (Å²) < 4.78 is 4.70. The summed E-state index contributed by atoms with van der Waals surface area (Å²) >= 11 is 0. The Morgan fingerprint density at radius 2 is 2.05 bits per heavy atom. The molecule has 0 atom stereocenters. The Labute approximate surface area is 112 Å². The van der Waals surface area contributed by atoms with Crippen LogP contribution in [0, 0.1) is 6.92 Å². The lowest BCUT2D eigenvalue weighted by Crippen LogP contribution is -2.56. The number of nitrogens with two attached hydrogens (primary N) is 1. The van der Waals surface area contributed by atoms with Gasteiger partial charge < -0.3 is 15.8 Å². The monoisotopic (exact) mass is 262 g/mol. The highest BCUT2D eigenvalue weighted by molar-refractivity contribution is 6.01. The molecule has 1 aromatic carbocycles. The Balaban J connectivity index is 2.21. The first kappa shape index (κ1) is 13.5. The Bertz CT molecular complexity index is 521. The van der Waals surface area contributed by atoms with Gasteiger partial charge in [0.15, 0.2) is 0 Å². The normalized spacial score (nSPS) is 16.4. The third-order valence-corrected chi connectivity index (χ3v) is 3.69. The minimum atomic E-state index is -0.756. The fourth-order valence-corrected chi connectivity index (χ4v) is 2.13. The first-order valence-electron chi connectivity index (χ1n) is 6.26. The van der Waals surface area contributed by atoms with E-state index in [9.17, 15) is 9.59 Å². The van der Waals surface area contributed by atoms with Gasteiger partial charge in [-0.3, -0.25) is 4.79 Å². The van der Waals surface area contributed by atoms with E-state index >= 15 is 0 Å². The van der Waals surface area contributed by atoms with Crippen molar-refractivity contribution in [1.29, 1.82) is 0 Å². The van der Waals surface area contributed by atoms with E-state index in [1.165, 1.54) is 7.11 Å². The molecule has 0 radical (unpaired) electrons. The van der Waals surface area contributed by atoms with Gasteiger partial charge in [0, 0.05) is 5.69 Å². The van der Waals surface area contributed by atoms with E-state index < -0.39 is 11.5 Å². The van der Waals surface area contributed by atoms with Crippen LogP contribution in [-0.2, 0) is 9.53 Å². The number of hydrogen-bond acceptors (Lipinski definition) is 4. The van der Waals surface area contributed by atoms with Gasteiger partial charge in [-0.2, -0.15) is 0 Å². The zero-order valence-electron chi connectivity index (χ0n) is 11.2. The van der Waals surface area contributed by atoms with Crippen molar-refractivity contribution in [1.82, 2.24) is 0 Å². The highest BCUT2D eigenvalue weighted by atomic mass is 16.5. The standard InChI is InChI=1S/C14H18N2O3/c1-9-10(12(17)19-2)5-3-6-11(9)16-13(18)14(15)7-4-8-14/h3,5-6H,4,7-8,15H2,1-2H3,(H,16,18). The summed E-state index contributed by atoms with van der Waals surface area (Å²) in [6.45, 7) is 1.77. The Morgan fingerprint density at radius 3 is 2.58 bits per heavy atom. The molecule has 0 saturated heterocycles. The number of methoxy groups -OCH3 is 1. The van der Waals surface area contributed by atoms with Crippen LogP contribution in [0.1, 0.15) is 35.2 Å². The number of nitrogens with one attached hydrogen (secondary N) is 1. The molecule has 2 rings (SSSR count). The highest BCUT2D eigenvalue weighted by Crippen LogP contribution is 2.31. The molecule has 0 bridgehead atoms. The van der Waals surface area contributed by atoms with Crippen molar-refractivity contribution in [3.05, 3.63) is 29.3 Å². The van der Waals surface area contributed by atoms with Gasteiger partial charge in [0.2, 0.25) is 5.91 Å². The summed E-state index contributed by atoms with van der Waals surface area (Å²) in [5.41, 5.74) is 6.94. The largest absolute Gasteiger partial charge is 0.465 e. The van der Waals surface area contributed by atoms with Crippen molar-refractivity contribution in [2.24, 2.45) is 5.73 Å². The number of carbonyl (C=O) groups is 2. The number of benzene rings is 1. The van der Waals surface area contributed by atoms with Crippen LogP contribution in [0.4, 0.5) is 5.69 Å². The lowest BCUT2D eigenvalue weighted by atomic mass is 9.77. The Kier molecular flexibility index (Phi) is 3.57. The lowest BCUT2D eigenvalue weighted by molar-refractivity contribution is -0.123. The molecule has 102 valence electrons. The number of anilines is 1. The fourth-order valence-electron chi connectivity index (χ4n) is 2.13. The number of esters is 1. The van der Waals surface area contributed by atoms with E-state index in [-0.39, 0.29) is 5.91 Å². The van der Waals surface area contributed by atoms with Crippen LogP contribution in [0.5, 0.6) is 0 Å². The molecule has 1 aromatic rings. The SMILES string of the molecule is COC(=O)c1cccc(NC(=O)C2(N)CCC2)c1C. The molecular weight excluding hydrogens is 244 g/mol. The molecule has 5 nitrogen and oxygen atoms in total. The molecule has 1 fully saturated rings. The second-order valence-electron chi connectivity index (χ2n) is 4.93. The van der Waals surface area contributed by atoms with E-state index in [1.54, 1.807) is 25.1 Å². The summed E-state index contributed by atoms with van der Waals surface area (Å²) in [6.07, 6.45) is 2.38. The van der Waals surface area contributed by atoms with Gasteiger partial charge in [0.25, 0.3) is 0 Å². The summed E-state index contributed by atoms with van der Waals surface area (Å²) in [6, 6.07) is 5.12. The Hall–Kier alpha value is -1.88. The van der Waals surface area contributed by atoms with Crippen molar-refractivity contribution in [3.8, 4) is 0 Å². The molecule has 1 aliphatic carbocycles. The smallest absolute Gasteiger partial charge is 0.338 e. The number of rotatable bonds is 3. The van der Waals surface area contributed by atoms with Gasteiger partial charge in [-0.05, 0) is 43.9 Å². The molecule has 19 heavy (non-hydrogen) atoms. The van der Waals surface area contributed by atoms with E-state index in [0.29, 0.717) is 29.7 Å². The van der Waals surface area contributed by atoms with Crippen LogP contribution >= 0.6 is 0 Å². The summed E-state index contributed by atoms with van der Waals surface area (Å²) in [4.78, 5) is 23.6. The molecule has 0 spiro atoms. The highest BCUT2D eigenvalue weighted by Gasteiger charge is 2.40. The summed E-state index contributed by atoms with van der Waals surface area (Å²) in [5, 5.41) is 2.80. The number of carbonyl (C=O) groups excluding carboxylic acids is 2. The molecule has 0 aromatic heterocycles. The maximum Gasteiger partial charge on any atom is 0.338 e. The van der Waals surface area contributed by atoms with Crippen molar-refractivity contribution >= 4 is 17.6 Å². The Morgan fingerprint density at radius 1 is 1.37 bits per heavy atom. The van der Waals surface area contributed by atoms with Crippen LogP contribution in [0.15, 0.2) is 18.2 Å². The average Bonchev–Trinajstić information content (AvgIpc) is 2.37. The second-order valence-corrected chi connectivity index (χ2v) is 4.93. The van der Waals surface area contributed by atoms with Crippen LogP contribution in [0.25, 0.3) is 0 Å². The van der Waals surface area contributed by atoms with Crippen molar-refractivity contribution < 1.29 is 14.3 Å². The first-order chi connectivity index (χ1) is 8.98. The van der Waals surface area contributed by atoms with Crippen molar-refractivity contribution in [3.63, 3.8) is 0 Å². The van der Waals surface area contributed by atoms with Crippen LogP contribution in [0.2, 0.25) is 0 Å². The fraction of sp³-hybridized carbons (Fsp3) is 0.429. The molecule has 1 saturated carbocycles. The number of hydrogen-bond donors (Lipinski definition) is 2. The molecule has 1 aliphatic rings. The maximum absolute atomic E-state index is 12.1. The van der Waals surface area contributed by atoms with Crippen molar-refractivity contribution in [2.45, 2.75) is 31.7 Å². The van der Waals surface area contributed by atoms with Crippen molar-refractivity contribution in [2.75, 3.05) is 12.4 Å². The van der Waals surface area contributed by atoms with Gasteiger partial charge >= 0.3 is 5.97 Å². The predicted molar refractivity (Wildman–Crippen MR) is 71.9 cm³/mol. The molecule has 1 amide bonds. The molecule has 5 heteroatoms. The minimum Gasteiger partial charge on any atom is -0.465 e. The van der Waals surface area contributed by atoms with Crippen LogP contribution < -0.4 is 11.1 Å². The third kappa shape index (κ3) is 2.46. The van der Waals surface area contributed by atoms with E-state index in [4.69, 9.17) is 10.5 Å². The lowest BCUT2D eigenvalue weighted by Gasteiger charge is -2.36. The maximum atomic E-state index is 12.1. The van der Waals surface area contributed by atoms with Crippen LogP contribution in [0.3, 0.4) is 0 Å². The molecule has 0 heterocycles.